The van der Waals surface area contributed by atoms with Crippen molar-refractivity contribution in [3.05, 3.63) is 77.4 Å². The van der Waals surface area contributed by atoms with E-state index in [1.807, 2.05) is 19.9 Å². The number of halogens is 3. The molecule has 1 aliphatic rings. The Kier molecular flexibility index (Phi) is 8.88. The molecule has 29 heavy (non-hydrogen) atoms. The Bertz CT molecular complexity index is 862. The molecule has 2 aromatic carbocycles. The molecule has 0 spiro atoms. The van der Waals surface area contributed by atoms with Crippen molar-refractivity contribution in [3.8, 4) is 0 Å². The average molecular weight is 512 g/mol. The Balaban J connectivity index is 0.00000300. The summed E-state index contributed by atoms with van der Waals surface area (Å²) >= 11 is 0. The first-order valence-electron chi connectivity index (χ1n) is 9.55. The molecule has 0 saturated heterocycles. The van der Waals surface area contributed by atoms with Gasteiger partial charge in [0.05, 0.1) is 12.6 Å². The predicted octanol–water partition coefficient (Wildman–Crippen LogP) is 4.78. The van der Waals surface area contributed by atoms with Gasteiger partial charge < -0.3 is 15.5 Å². The first kappa shape index (κ1) is 23.1. The van der Waals surface area contributed by atoms with E-state index in [2.05, 4.69) is 50.9 Å². The van der Waals surface area contributed by atoms with Crippen LogP contribution >= 0.6 is 24.0 Å². The van der Waals surface area contributed by atoms with Gasteiger partial charge in [0.2, 0.25) is 0 Å². The summed E-state index contributed by atoms with van der Waals surface area (Å²) in [6.45, 7) is 6.97. The summed E-state index contributed by atoms with van der Waals surface area (Å²) < 4.78 is 26.7. The van der Waals surface area contributed by atoms with Crippen LogP contribution in [-0.4, -0.2) is 25.6 Å². The molecule has 156 valence electrons. The van der Waals surface area contributed by atoms with Crippen molar-refractivity contribution in [2.75, 3.05) is 24.5 Å². The molecule has 7 heteroatoms. The lowest BCUT2D eigenvalue weighted by Gasteiger charge is -2.19. The van der Waals surface area contributed by atoms with Crippen LogP contribution in [-0.2, 0) is 6.54 Å². The molecule has 0 amide bonds. The third-order valence-corrected chi connectivity index (χ3v) is 4.65. The summed E-state index contributed by atoms with van der Waals surface area (Å²) in [4.78, 5) is 6.94. The van der Waals surface area contributed by atoms with E-state index in [9.17, 15) is 8.78 Å². The van der Waals surface area contributed by atoms with E-state index in [0.717, 1.165) is 24.7 Å². The standard InChI is InChI=1S/C22H26F2N4.HI/c1-3-25-22(27-16(2)18-9-10-20(23)21(24)14-18)26-15-17-7-6-8-19(13-17)28-11-4-5-12-28;/h4-10,13-14,16H,3,11-12,15H2,1-2H3,(H2,25,26,27);1H. The molecule has 1 unspecified atom stereocenters. The van der Waals surface area contributed by atoms with Gasteiger partial charge in [-0.2, -0.15) is 0 Å². The van der Waals surface area contributed by atoms with Gasteiger partial charge in [0.1, 0.15) is 0 Å². The molecule has 0 aliphatic carbocycles. The summed E-state index contributed by atoms with van der Waals surface area (Å²) in [7, 11) is 0. The van der Waals surface area contributed by atoms with Crippen molar-refractivity contribution in [2.45, 2.75) is 26.4 Å². The molecule has 0 aromatic heterocycles. The number of benzene rings is 2. The Labute approximate surface area is 188 Å². The van der Waals surface area contributed by atoms with Gasteiger partial charge in [-0.1, -0.05) is 30.4 Å². The Morgan fingerprint density at radius 2 is 1.86 bits per heavy atom. The molecule has 0 bridgehead atoms. The van der Waals surface area contributed by atoms with E-state index in [-0.39, 0.29) is 30.0 Å². The molecule has 0 fully saturated rings. The Morgan fingerprint density at radius 1 is 1.10 bits per heavy atom. The lowest BCUT2D eigenvalue weighted by atomic mass is 10.1. The third-order valence-electron chi connectivity index (χ3n) is 4.65. The molecular formula is C22H27F2IN4. The van der Waals surface area contributed by atoms with Crippen LogP contribution in [0, 0.1) is 11.6 Å². The molecule has 1 aliphatic heterocycles. The van der Waals surface area contributed by atoms with E-state index >= 15 is 0 Å². The van der Waals surface area contributed by atoms with Crippen LogP contribution in [0.25, 0.3) is 0 Å². The molecular weight excluding hydrogens is 485 g/mol. The zero-order valence-corrected chi connectivity index (χ0v) is 19.0. The number of rotatable bonds is 6. The highest BCUT2D eigenvalue weighted by Gasteiger charge is 2.11. The number of hydrogen-bond acceptors (Lipinski definition) is 2. The number of nitrogens with one attached hydrogen (secondary N) is 2. The Morgan fingerprint density at radius 3 is 2.55 bits per heavy atom. The lowest BCUT2D eigenvalue weighted by molar-refractivity contribution is 0.504. The SMILES string of the molecule is CCNC(=NCc1cccc(N2CC=CC2)c1)NC(C)c1ccc(F)c(F)c1.I. The van der Waals surface area contributed by atoms with E-state index in [1.54, 1.807) is 6.07 Å². The molecule has 2 N–H and O–H groups in total. The highest BCUT2D eigenvalue weighted by atomic mass is 127. The molecule has 0 radical (unpaired) electrons. The monoisotopic (exact) mass is 512 g/mol. The fourth-order valence-electron chi connectivity index (χ4n) is 3.10. The average Bonchev–Trinajstić information content (AvgIpc) is 3.23. The summed E-state index contributed by atoms with van der Waals surface area (Å²) in [5.41, 5.74) is 2.96. The van der Waals surface area contributed by atoms with Gasteiger partial charge in [-0.25, -0.2) is 13.8 Å². The second kappa shape index (κ2) is 11.1. The van der Waals surface area contributed by atoms with Gasteiger partial charge >= 0.3 is 0 Å². The highest BCUT2D eigenvalue weighted by Crippen LogP contribution is 2.19. The van der Waals surface area contributed by atoms with Crippen LogP contribution in [0.1, 0.15) is 31.0 Å². The van der Waals surface area contributed by atoms with Crippen molar-refractivity contribution >= 4 is 35.6 Å². The van der Waals surface area contributed by atoms with Crippen LogP contribution < -0.4 is 15.5 Å². The van der Waals surface area contributed by atoms with Gasteiger partial charge in [0.15, 0.2) is 17.6 Å². The van der Waals surface area contributed by atoms with Crippen LogP contribution in [0.15, 0.2) is 59.6 Å². The quantitative estimate of drug-likeness (QED) is 0.254. The van der Waals surface area contributed by atoms with Gasteiger partial charge in [-0.05, 0) is 49.2 Å². The van der Waals surface area contributed by atoms with Gasteiger partial charge in [0.25, 0.3) is 0 Å². The minimum absolute atomic E-state index is 0. The van der Waals surface area contributed by atoms with Crippen molar-refractivity contribution in [1.29, 1.82) is 0 Å². The summed E-state index contributed by atoms with van der Waals surface area (Å²) in [6, 6.07) is 12.1. The normalized spacial score (nSPS) is 14.5. The molecule has 0 saturated carbocycles. The number of anilines is 1. The number of guanidine groups is 1. The van der Waals surface area contributed by atoms with Crippen molar-refractivity contribution in [2.24, 2.45) is 4.99 Å². The maximum absolute atomic E-state index is 13.5. The van der Waals surface area contributed by atoms with E-state index < -0.39 is 11.6 Å². The fraction of sp³-hybridized carbons (Fsp3) is 0.318. The van der Waals surface area contributed by atoms with Crippen molar-refractivity contribution in [1.82, 2.24) is 10.6 Å². The van der Waals surface area contributed by atoms with E-state index in [1.165, 1.54) is 11.8 Å². The minimum Gasteiger partial charge on any atom is -0.364 e. The summed E-state index contributed by atoms with van der Waals surface area (Å²) in [6.07, 6.45) is 4.33. The number of nitrogens with zero attached hydrogens (tertiary/aromatic N) is 2. The van der Waals surface area contributed by atoms with E-state index in [0.29, 0.717) is 24.6 Å². The molecule has 3 rings (SSSR count). The third kappa shape index (κ3) is 6.42. The topological polar surface area (TPSA) is 39.7 Å². The van der Waals surface area contributed by atoms with Gasteiger partial charge in [-0.15, -0.1) is 24.0 Å². The van der Waals surface area contributed by atoms with Crippen LogP contribution in [0.4, 0.5) is 14.5 Å². The van der Waals surface area contributed by atoms with Gasteiger partial charge in [-0.3, -0.25) is 0 Å². The zero-order chi connectivity index (χ0) is 19.9. The Hall–Kier alpha value is -2.16. The predicted molar refractivity (Wildman–Crippen MR) is 126 cm³/mol. The van der Waals surface area contributed by atoms with E-state index in [4.69, 9.17) is 0 Å². The number of hydrogen-bond donors (Lipinski definition) is 2. The van der Waals surface area contributed by atoms with Crippen molar-refractivity contribution in [3.63, 3.8) is 0 Å². The molecule has 2 aromatic rings. The minimum atomic E-state index is -0.846. The smallest absolute Gasteiger partial charge is 0.192 e. The molecule has 4 nitrogen and oxygen atoms in total. The first-order valence-corrected chi connectivity index (χ1v) is 9.55. The van der Waals surface area contributed by atoms with Crippen LogP contribution in [0.2, 0.25) is 0 Å². The fourth-order valence-corrected chi connectivity index (χ4v) is 3.10. The summed E-state index contributed by atoms with van der Waals surface area (Å²) in [5, 5.41) is 6.45. The largest absolute Gasteiger partial charge is 0.364 e. The maximum Gasteiger partial charge on any atom is 0.192 e. The highest BCUT2D eigenvalue weighted by molar-refractivity contribution is 14.0. The molecule has 1 atom stereocenters. The lowest BCUT2D eigenvalue weighted by Crippen LogP contribution is -2.38. The van der Waals surface area contributed by atoms with Gasteiger partial charge in [0, 0.05) is 25.3 Å². The summed E-state index contributed by atoms with van der Waals surface area (Å²) in [5.74, 6) is -1.06. The zero-order valence-electron chi connectivity index (χ0n) is 16.7. The van der Waals surface area contributed by atoms with Crippen LogP contribution in [0.5, 0.6) is 0 Å². The maximum atomic E-state index is 13.5. The second-order valence-corrected chi connectivity index (χ2v) is 6.78. The van der Waals surface area contributed by atoms with Crippen molar-refractivity contribution < 1.29 is 8.78 Å². The number of aliphatic imine (C=N–C) groups is 1. The first-order chi connectivity index (χ1) is 13.6. The van der Waals surface area contributed by atoms with Crippen LogP contribution in [0.3, 0.4) is 0 Å². The second-order valence-electron chi connectivity index (χ2n) is 6.78. The molecule has 1 heterocycles.